The summed E-state index contributed by atoms with van der Waals surface area (Å²) >= 11 is 0. The van der Waals surface area contributed by atoms with Crippen molar-refractivity contribution in [3.8, 4) is 0 Å². The molecule has 1 unspecified atom stereocenters. The molecule has 0 aromatic heterocycles. The minimum atomic E-state index is -0.266. The average Bonchev–Trinajstić information content (AvgIpc) is 2.30. The van der Waals surface area contributed by atoms with Gasteiger partial charge in [0.1, 0.15) is 5.82 Å². The molecule has 3 heteroatoms. The third-order valence-corrected chi connectivity index (χ3v) is 3.08. The highest BCUT2D eigenvalue weighted by molar-refractivity contribution is 5.82. The van der Waals surface area contributed by atoms with Crippen molar-refractivity contribution in [1.29, 1.82) is 0 Å². The van der Waals surface area contributed by atoms with Crippen LogP contribution in [0.5, 0.6) is 0 Å². The van der Waals surface area contributed by atoms with E-state index in [0.717, 1.165) is 12.0 Å². The van der Waals surface area contributed by atoms with Gasteiger partial charge in [-0.3, -0.25) is 9.69 Å². The smallest absolute Gasteiger partial charge is 0.151 e. The van der Waals surface area contributed by atoms with Crippen molar-refractivity contribution in [2.45, 2.75) is 32.7 Å². The van der Waals surface area contributed by atoms with E-state index in [1.807, 2.05) is 11.9 Å². The Kier molecular flexibility index (Phi) is 5.29. The lowest BCUT2D eigenvalue weighted by Gasteiger charge is -2.22. The fourth-order valence-electron chi connectivity index (χ4n) is 1.63. The minimum Gasteiger partial charge on any atom is -0.298 e. The second-order valence-corrected chi connectivity index (χ2v) is 4.51. The van der Waals surface area contributed by atoms with Gasteiger partial charge in [-0.1, -0.05) is 19.1 Å². The predicted octanol–water partition coefficient (Wildman–Crippen LogP) is 2.67. The number of Topliss-reactive ketones (excluding diaryl/α,β-unsaturated/α-hetero) is 1. The average molecular weight is 237 g/mol. The Morgan fingerprint density at radius 2 is 1.94 bits per heavy atom. The Morgan fingerprint density at radius 3 is 2.47 bits per heavy atom. The maximum atomic E-state index is 12.7. The Balaban J connectivity index is 2.47. The number of nitrogens with zero attached hydrogens (tertiary/aromatic N) is 1. The van der Waals surface area contributed by atoms with Crippen LogP contribution in [0.1, 0.15) is 25.8 Å². The van der Waals surface area contributed by atoms with E-state index in [2.05, 4.69) is 13.8 Å². The predicted molar refractivity (Wildman–Crippen MR) is 67.5 cm³/mol. The van der Waals surface area contributed by atoms with Gasteiger partial charge in [-0.25, -0.2) is 4.39 Å². The SMILES string of the molecule is CCC(C)N(C)CC(=O)Cc1ccc(F)cc1. The summed E-state index contributed by atoms with van der Waals surface area (Å²) < 4.78 is 12.7. The van der Waals surface area contributed by atoms with Gasteiger partial charge in [-0.15, -0.1) is 0 Å². The molecule has 0 aliphatic rings. The third-order valence-electron chi connectivity index (χ3n) is 3.08. The summed E-state index contributed by atoms with van der Waals surface area (Å²) in [6, 6.07) is 6.52. The first-order valence-electron chi connectivity index (χ1n) is 5.99. The molecule has 0 N–H and O–H groups in total. The number of carbonyl (C=O) groups excluding carboxylic acids is 1. The summed E-state index contributed by atoms with van der Waals surface area (Å²) in [7, 11) is 1.96. The van der Waals surface area contributed by atoms with E-state index in [1.54, 1.807) is 12.1 Å². The molecule has 0 saturated carbocycles. The van der Waals surface area contributed by atoms with Crippen molar-refractivity contribution in [3.05, 3.63) is 35.6 Å². The number of rotatable bonds is 6. The molecule has 1 rings (SSSR count). The summed E-state index contributed by atoms with van der Waals surface area (Å²) in [5.74, 6) is -0.0997. The summed E-state index contributed by atoms with van der Waals surface area (Å²) in [4.78, 5) is 13.8. The number of ketones is 1. The first kappa shape index (κ1) is 13.8. The molecule has 1 atom stereocenters. The molecular weight excluding hydrogens is 217 g/mol. The van der Waals surface area contributed by atoms with Crippen LogP contribution >= 0.6 is 0 Å². The van der Waals surface area contributed by atoms with Gasteiger partial charge in [0.05, 0.1) is 6.54 Å². The zero-order valence-electron chi connectivity index (χ0n) is 10.7. The van der Waals surface area contributed by atoms with Gasteiger partial charge < -0.3 is 0 Å². The van der Waals surface area contributed by atoms with Gasteiger partial charge in [0.25, 0.3) is 0 Å². The summed E-state index contributed by atoms with van der Waals surface area (Å²) in [5, 5.41) is 0. The van der Waals surface area contributed by atoms with Crippen LogP contribution in [0.15, 0.2) is 24.3 Å². The van der Waals surface area contributed by atoms with Crippen molar-refractivity contribution < 1.29 is 9.18 Å². The Labute approximate surface area is 102 Å². The van der Waals surface area contributed by atoms with Crippen LogP contribution in [-0.2, 0) is 11.2 Å². The van der Waals surface area contributed by atoms with Crippen molar-refractivity contribution in [2.75, 3.05) is 13.6 Å². The van der Waals surface area contributed by atoms with E-state index in [-0.39, 0.29) is 11.6 Å². The lowest BCUT2D eigenvalue weighted by molar-refractivity contribution is -0.119. The number of hydrogen-bond donors (Lipinski definition) is 0. The van der Waals surface area contributed by atoms with Gasteiger partial charge in [0, 0.05) is 12.5 Å². The minimum absolute atomic E-state index is 0.166. The Hall–Kier alpha value is -1.22. The Bertz CT molecular complexity index is 361. The van der Waals surface area contributed by atoms with Gasteiger partial charge >= 0.3 is 0 Å². The van der Waals surface area contributed by atoms with Crippen LogP contribution in [-0.4, -0.2) is 30.3 Å². The molecule has 0 bridgehead atoms. The van der Waals surface area contributed by atoms with Gasteiger partial charge in [0.2, 0.25) is 0 Å². The normalized spacial score (nSPS) is 12.8. The largest absolute Gasteiger partial charge is 0.298 e. The quantitative estimate of drug-likeness (QED) is 0.758. The van der Waals surface area contributed by atoms with E-state index in [9.17, 15) is 9.18 Å². The van der Waals surface area contributed by atoms with Crippen LogP contribution in [0.25, 0.3) is 0 Å². The van der Waals surface area contributed by atoms with Crippen LogP contribution in [0, 0.1) is 5.82 Å². The van der Waals surface area contributed by atoms with Crippen molar-refractivity contribution in [3.63, 3.8) is 0 Å². The highest BCUT2D eigenvalue weighted by atomic mass is 19.1. The zero-order valence-corrected chi connectivity index (χ0v) is 10.7. The molecule has 2 nitrogen and oxygen atoms in total. The summed E-state index contributed by atoms with van der Waals surface area (Å²) in [5.41, 5.74) is 0.869. The second-order valence-electron chi connectivity index (χ2n) is 4.51. The Morgan fingerprint density at radius 1 is 1.35 bits per heavy atom. The monoisotopic (exact) mass is 237 g/mol. The van der Waals surface area contributed by atoms with Gasteiger partial charge in [0.15, 0.2) is 5.78 Å². The maximum absolute atomic E-state index is 12.7. The molecule has 94 valence electrons. The number of halogens is 1. The number of likely N-dealkylation sites (N-methyl/N-ethyl adjacent to an activating group) is 1. The standard InChI is InChI=1S/C14H20FNO/c1-4-11(2)16(3)10-14(17)9-12-5-7-13(15)8-6-12/h5-8,11H,4,9-10H2,1-3H3. The van der Waals surface area contributed by atoms with Crippen LogP contribution in [0.2, 0.25) is 0 Å². The molecule has 0 heterocycles. The molecular formula is C14H20FNO. The van der Waals surface area contributed by atoms with Crippen LogP contribution < -0.4 is 0 Å². The maximum Gasteiger partial charge on any atom is 0.151 e. The number of benzene rings is 1. The summed E-state index contributed by atoms with van der Waals surface area (Å²) in [6.45, 7) is 4.66. The lowest BCUT2D eigenvalue weighted by Crippen LogP contribution is -2.34. The third kappa shape index (κ3) is 4.65. The lowest BCUT2D eigenvalue weighted by atomic mass is 10.1. The first-order valence-corrected chi connectivity index (χ1v) is 5.99. The molecule has 0 amide bonds. The van der Waals surface area contributed by atoms with Gasteiger partial charge in [-0.2, -0.15) is 0 Å². The molecule has 17 heavy (non-hydrogen) atoms. The molecule has 0 saturated heterocycles. The highest BCUT2D eigenvalue weighted by Crippen LogP contribution is 2.06. The van der Waals surface area contributed by atoms with E-state index >= 15 is 0 Å². The van der Waals surface area contributed by atoms with E-state index in [1.165, 1.54) is 12.1 Å². The fourth-order valence-corrected chi connectivity index (χ4v) is 1.63. The molecule has 1 aromatic rings. The zero-order chi connectivity index (χ0) is 12.8. The van der Waals surface area contributed by atoms with Crippen molar-refractivity contribution in [1.82, 2.24) is 4.90 Å². The van der Waals surface area contributed by atoms with E-state index in [0.29, 0.717) is 19.0 Å². The van der Waals surface area contributed by atoms with E-state index < -0.39 is 0 Å². The number of hydrogen-bond acceptors (Lipinski definition) is 2. The molecule has 0 spiro atoms. The van der Waals surface area contributed by atoms with Crippen molar-refractivity contribution >= 4 is 5.78 Å². The van der Waals surface area contributed by atoms with Crippen LogP contribution in [0.4, 0.5) is 4.39 Å². The summed E-state index contributed by atoms with van der Waals surface area (Å²) in [6.07, 6.45) is 1.40. The van der Waals surface area contributed by atoms with Crippen molar-refractivity contribution in [2.24, 2.45) is 0 Å². The molecule has 0 fully saturated rings. The van der Waals surface area contributed by atoms with Crippen LogP contribution in [0.3, 0.4) is 0 Å². The molecule has 1 aromatic carbocycles. The number of carbonyl (C=O) groups is 1. The highest BCUT2D eigenvalue weighted by Gasteiger charge is 2.11. The first-order chi connectivity index (χ1) is 8.02. The molecule has 0 aliphatic carbocycles. The fraction of sp³-hybridized carbons (Fsp3) is 0.500. The second kappa shape index (κ2) is 6.50. The topological polar surface area (TPSA) is 20.3 Å². The molecule has 0 radical (unpaired) electrons. The van der Waals surface area contributed by atoms with E-state index in [4.69, 9.17) is 0 Å². The molecule has 0 aliphatic heterocycles. The van der Waals surface area contributed by atoms with Gasteiger partial charge in [-0.05, 0) is 38.1 Å².